The maximum absolute atomic E-state index is 14.1. The highest BCUT2D eigenvalue weighted by molar-refractivity contribution is 6.30. The third-order valence-corrected chi connectivity index (χ3v) is 6.98. The van der Waals surface area contributed by atoms with Crippen molar-refractivity contribution < 1.29 is 14.0 Å². The predicted molar refractivity (Wildman–Crippen MR) is 97.3 cm³/mol. The summed E-state index contributed by atoms with van der Waals surface area (Å²) in [6.07, 6.45) is 3.51. The molecule has 3 fully saturated rings. The molecular formula is C20H24ClFN2O2. The number of primary amides is 1. The molecular weight excluding hydrogens is 355 g/mol. The largest absolute Gasteiger partial charge is 0.369 e. The number of nitrogens with one attached hydrogen (secondary N) is 1. The quantitative estimate of drug-likeness (QED) is 0.843. The van der Waals surface area contributed by atoms with Crippen molar-refractivity contribution in [1.82, 2.24) is 5.32 Å². The standard InChI is InChI=1S/C20H24ClFN2O2/c21-13-7-3-6-12(8-13)16(11-4-1-2-5-11)17-14(18(23)25)9-20(17)10-15(22)19(26)24-20/h3,6-8,11,14-17H,1-2,4-5,9-10H2,(H2,23,25)(H,24,26)/t14?,15?,16-,17?,20?/m0/s1. The van der Waals surface area contributed by atoms with Gasteiger partial charge < -0.3 is 11.1 Å². The average molecular weight is 379 g/mol. The molecule has 1 aromatic carbocycles. The van der Waals surface area contributed by atoms with Gasteiger partial charge in [0.1, 0.15) is 0 Å². The molecule has 5 atom stereocenters. The van der Waals surface area contributed by atoms with Crippen LogP contribution in [0.4, 0.5) is 4.39 Å². The normalized spacial score (nSPS) is 35.3. The van der Waals surface area contributed by atoms with Crippen LogP contribution in [0.25, 0.3) is 0 Å². The number of carbonyl (C=O) groups is 2. The monoisotopic (exact) mass is 378 g/mol. The second-order valence-corrected chi connectivity index (χ2v) is 8.62. The van der Waals surface area contributed by atoms with Crippen molar-refractivity contribution in [1.29, 1.82) is 0 Å². The molecule has 0 bridgehead atoms. The number of halogens is 2. The smallest absolute Gasteiger partial charge is 0.255 e. The van der Waals surface area contributed by atoms with E-state index in [1.807, 2.05) is 24.3 Å². The zero-order valence-electron chi connectivity index (χ0n) is 14.6. The molecule has 0 aromatic heterocycles. The maximum Gasteiger partial charge on any atom is 0.255 e. The van der Waals surface area contributed by atoms with Crippen LogP contribution in [-0.2, 0) is 9.59 Å². The molecule has 1 aliphatic heterocycles. The first-order valence-corrected chi connectivity index (χ1v) is 9.80. The number of rotatable bonds is 4. The van der Waals surface area contributed by atoms with Crippen molar-refractivity contribution in [3.63, 3.8) is 0 Å². The van der Waals surface area contributed by atoms with Crippen LogP contribution >= 0.6 is 11.6 Å². The van der Waals surface area contributed by atoms with Crippen molar-refractivity contribution >= 4 is 23.4 Å². The number of hydrogen-bond donors (Lipinski definition) is 2. The van der Waals surface area contributed by atoms with E-state index in [9.17, 15) is 14.0 Å². The summed E-state index contributed by atoms with van der Waals surface area (Å²) in [5.74, 6) is -0.992. The number of benzene rings is 1. The average Bonchev–Trinajstić information content (AvgIpc) is 3.20. The lowest BCUT2D eigenvalue weighted by atomic mass is 9.50. The van der Waals surface area contributed by atoms with Gasteiger partial charge in [-0.1, -0.05) is 36.6 Å². The lowest BCUT2D eigenvalue weighted by Gasteiger charge is -2.56. The Bertz CT molecular complexity index is 736. The van der Waals surface area contributed by atoms with E-state index in [-0.39, 0.29) is 30.1 Å². The van der Waals surface area contributed by atoms with Crippen LogP contribution in [0.3, 0.4) is 0 Å². The summed E-state index contributed by atoms with van der Waals surface area (Å²) in [4.78, 5) is 24.0. The van der Waals surface area contributed by atoms with Gasteiger partial charge in [-0.3, -0.25) is 9.59 Å². The molecule has 1 saturated heterocycles. The van der Waals surface area contributed by atoms with Gasteiger partial charge in [-0.25, -0.2) is 4.39 Å². The van der Waals surface area contributed by atoms with Crippen LogP contribution in [0.5, 0.6) is 0 Å². The molecule has 2 amide bonds. The first kappa shape index (κ1) is 17.8. The highest BCUT2D eigenvalue weighted by atomic mass is 35.5. The molecule has 4 nitrogen and oxygen atoms in total. The lowest BCUT2D eigenvalue weighted by Crippen LogP contribution is -2.65. The number of alkyl halides is 1. The fourth-order valence-corrected chi connectivity index (χ4v) is 5.89. The minimum absolute atomic E-state index is 0.0491. The minimum Gasteiger partial charge on any atom is -0.369 e. The topological polar surface area (TPSA) is 72.2 Å². The SMILES string of the molecule is NC(=O)C1CC2(CC(F)C(=O)N2)C1[C@H](c1cccc(Cl)c1)C1CCCC1. The zero-order chi connectivity index (χ0) is 18.5. The van der Waals surface area contributed by atoms with Gasteiger partial charge >= 0.3 is 0 Å². The Kier molecular flexibility index (Phi) is 4.46. The zero-order valence-corrected chi connectivity index (χ0v) is 15.3. The number of amides is 2. The second kappa shape index (κ2) is 6.52. The van der Waals surface area contributed by atoms with Gasteiger partial charge in [0.25, 0.3) is 5.91 Å². The molecule has 4 rings (SSSR count). The Morgan fingerprint density at radius 1 is 1.31 bits per heavy atom. The third kappa shape index (κ3) is 2.81. The predicted octanol–water partition coefficient (Wildman–Crippen LogP) is 3.33. The molecule has 26 heavy (non-hydrogen) atoms. The van der Waals surface area contributed by atoms with E-state index >= 15 is 0 Å². The highest BCUT2D eigenvalue weighted by Gasteiger charge is 2.64. The fourth-order valence-electron chi connectivity index (χ4n) is 5.70. The third-order valence-electron chi connectivity index (χ3n) is 6.75. The summed E-state index contributed by atoms with van der Waals surface area (Å²) < 4.78 is 14.1. The Hall–Kier alpha value is -1.62. The molecule has 1 heterocycles. The summed E-state index contributed by atoms with van der Waals surface area (Å²) in [6, 6.07) is 7.71. The Balaban J connectivity index is 1.76. The van der Waals surface area contributed by atoms with Gasteiger partial charge in [0.15, 0.2) is 6.17 Å². The summed E-state index contributed by atoms with van der Waals surface area (Å²) in [7, 11) is 0. The molecule has 2 aliphatic carbocycles. The van der Waals surface area contributed by atoms with E-state index in [2.05, 4.69) is 5.32 Å². The Morgan fingerprint density at radius 2 is 2.04 bits per heavy atom. The van der Waals surface area contributed by atoms with E-state index in [0.717, 1.165) is 31.2 Å². The van der Waals surface area contributed by atoms with Crippen LogP contribution in [0.2, 0.25) is 5.02 Å². The first-order chi connectivity index (χ1) is 12.4. The molecule has 3 N–H and O–H groups in total. The minimum atomic E-state index is -1.50. The van der Waals surface area contributed by atoms with Crippen molar-refractivity contribution in [3.8, 4) is 0 Å². The summed E-state index contributed by atoms with van der Waals surface area (Å²) >= 11 is 6.24. The lowest BCUT2D eigenvalue weighted by molar-refractivity contribution is -0.137. The Morgan fingerprint density at radius 3 is 2.62 bits per heavy atom. The Labute approximate surface area is 157 Å². The summed E-state index contributed by atoms with van der Waals surface area (Å²) in [6.45, 7) is 0. The number of hydrogen-bond acceptors (Lipinski definition) is 2. The maximum atomic E-state index is 14.1. The van der Waals surface area contributed by atoms with Crippen LogP contribution in [-0.4, -0.2) is 23.5 Å². The van der Waals surface area contributed by atoms with E-state index in [4.69, 9.17) is 17.3 Å². The molecule has 1 aromatic rings. The molecule has 3 aliphatic rings. The molecule has 1 spiro atoms. The summed E-state index contributed by atoms with van der Waals surface area (Å²) in [5.41, 5.74) is 6.09. The van der Waals surface area contributed by atoms with Gasteiger partial charge in [-0.05, 0) is 48.8 Å². The molecule has 4 unspecified atom stereocenters. The van der Waals surface area contributed by atoms with Crippen molar-refractivity contribution in [2.75, 3.05) is 0 Å². The molecule has 6 heteroatoms. The van der Waals surface area contributed by atoms with Crippen LogP contribution in [0.15, 0.2) is 24.3 Å². The van der Waals surface area contributed by atoms with Gasteiger partial charge in [0, 0.05) is 28.8 Å². The number of carbonyl (C=O) groups excluding carboxylic acids is 2. The molecule has 2 saturated carbocycles. The van der Waals surface area contributed by atoms with Gasteiger partial charge in [-0.15, -0.1) is 0 Å². The summed E-state index contributed by atoms with van der Waals surface area (Å²) in [5, 5.41) is 3.53. The molecule has 0 radical (unpaired) electrons. The van der Waals surface area contributed by atoms with Crippen LogP contribution in [0, 0.1) is 17.8 Å². The van der Waals surface area contributed by atoms with Crippen LogP contribution in [0.1, 0.15) is 50.0 Å². The fraction of sp³-hybridized carbons (Fsp3) is 0.600. The van der Waals surface area contributed by atoms with Crippen molar-refractivity contribution in [2.45, 2.75) is 56.2 Å². The first-order valence-electron chi connectivity index (χ1n) is 9.42. The van der Waals surface area contributed by atoms with Gasteiger partial charge in [-0.2, -0.15) is 0 Å². The van der Waals surface area contributed by atoms with E-state index in [1.165, 1.54) is 0 Å². The number of nitrogens with two attached hydrogens (primary N) is 1. The van der Waals surface area contributed by atoms with E-state index in [1.54, 1.807) is 0 Å². The van der Waals surface area contributed by atoms with E-state index < -0.39 is 17.6 Å². The van der Waals surface area contributed by atoms with Crippen LogP contribution < -0.4 is 11.1 Å². The van der Waals surface area contributed by atoms with Gasteiger partial charge in [0.05, 0.1) is 0 Å². The van der Waals surface area contributed by atoms with Gasteiger partial charge in [0.2, 0.25) is 5.91 Å². The molecule has 140 valence electrons. The highest BCUT2D eigenvalue weighted by Crippen LogP contribution is 2.59. The van der Waals surface area contributed by atoms with E-state index in [0.29, 0.717) is 17.4 Å². The van der Waals surface area contributed by atoms with Crippen molar-refractivity contribution in [3.05, 3.63) is 34.9 Å². The second-order valence-electron chi connectivity index (χ2n) is 8.18. The van der Waals surface area contributed by atoms with Crippen molar-refractivity contribution in [2.24, 2.45) is 23.5 Å².